The first kappa shape index (κ1) is 14.1. The van der Waals surface area contributed by atoms with Gasteiger partial charge in [-0.3, -0.25) is 0 Å². The van der Waals surface area contributed by atoms with Crippen LogP contribution in [0.15, 0.2) is 22.8 Å². The van der Waals surface area contributed by atoms with Crippen LogP contribution in [0.5, 0.6) is 0 Å². The number of alkyl halides is 3. The van der Waals surface area contributed by atoms with Gasteiger partial charge in [0.1, 0.15) is 5.76 Å². The third-order valence-electron chi connectivity index (χ3n) is 2.05. The Morgan fingerprint density at radius 3 is 2.76 bits per heavy atom. The predicted octanol–water partition coefficient (Wildman–Crippen LogP) is 2.73. The topological polar surface area (TPSA) is 34.4 Å². The molecule has 0 aliphatic heterocycles. The van der Waals surface area contributed by atoms with Gasteiger partial charge in [0.2, 0.25) is 0 Å². The first-order valence-corrected chi connectivity index (χ1v) is 5.45. The summed E-state index contributed by atoms with van der Waals surface area (Å²) in [7, 11) is 0. The summed E-state index contributed by atoms with van der Waals surface area (Å²) in [6.07, 6.45) is -3.26. The zero-order valence-corrected chi connectivity index (χ0v) is 9.43. The highest BCUT2D eigenvalue weighted by molar-refractivity contribution is 4.97. The second-order valence-corrected chi connectivity index (χ2v) is 3.59. The van der Waals surface area contributed by atoms with Crippen molar-refractivity contribution in [1.82, 2.24) is 5.32 Å². The number of rotatable bonds is 8. The van der Waals surface area contributed by atoms with Crippen molar-refractivity contribution in [2.45, 2.75) is 25.6 Å². The standard InChI is InChI=1S/C11H16F3NO2/c12-11(13,14)4-2-6-16-8-5-15-9-10-3-1-7-17-10/h1,3,7,15H,2,4-6,8-9H2. The van der Waals surface area contributed by atoms with Crippen molar-refractivity contribution in [1.29, 1.82) is 0 Å². The number of ether oxygens (including phenoxy) is 1. The van der Waals surface area contributed by atoms with Crippen LogP contribution >= 0.6 is 0 Å². The molecule has 3 nitrogen and oxygen atoms in total. The molecule has 1 heterocycles. The van der Waals surface area contributed by atoms with Crippen LogP contribution in [0, 0.1) is 0 Å². The second kappa shape index (κ2) is 7.34. The van der Waals surface area contributed by atoms with Gasteiger partial charge in [-0.2, -0.15) is 13.2 Å². The van der Waals surface area contributed by atoms with E-state index in [1.54, 1.807) is 12.3 Å². The van der Waals surface area contributed by atoms with E-state index in [2.05, 4.69) is 5.32 Å². The highest BCUT2D eigenvalue weighted by atomic mass is 19.4. The molecule has 0 aromatic carbocycles. The third kappa shape index (κ3) is 7.82. The Bertz CT molecular complexity index is 285. The van der Waals surface area contributed by atoms with Crippen molar-refractivity contribution in [3.63, 3.8) is 0 Å². The average Bonchev–Trinajstić information content (AvgIpc) is 2.73. The Balaban J connectivity index is 1.85. The Hall–Kier alpha value is -1.01. The Kier molecular flexibility index (Phi) is 6.07. The van der Waals surface area contributed by atoms with Gasteiger partial charge in [-0.15, -0.1) is 0 Å². The quantitative estimate of drug-likeness (QED) is 0.721. The van der Waals surface area contributed by atoms with E-state index in [9.17, 15) is 13.2 Å². The fourth-order valence-corrected chi connectivity index (χ4v) is 1.25. The molecule has 6 heteroatoms. The summed E-state index contributed by atoms with van der Waals surface area (Å²) in [4.78, 5) is 0. The normalized spacial score (nSPS) is 11.9. The molecule has 0 bridgehead atoms. The van der Waals surface area contributed by atoms with E-state index in [-0.39, 0.29) is 13.0 Å². The SMILES string of the molecule is FC(F)(F)CCCOCCNCc1ccco1. The molecule has 0 fully saturated rings. The van der Waals surface area contributed by atoms with Crippen LogP contribution in [0.2, 0.25) is 0 Å². The Morgan fingerprint density at radius 1 is 1.29 bits per heavy atom. The molecule has 0 atom stereocenters. The maximum absolute atomic E-state index is 11.8. The van der Waals surface area contributed by atoms with Crippen LogP contribution in [-0.2, 0) is 11.3 Å². The number of hydrogen-bond donors (Lipinski definition) is 1. The molecule has 98 valence electrons. The van der Waals surface area contributed by atoms with E-state index < -0.39 is 12.6 Å². The fraction of sp³-hybridized carbons (Fsp3) is 0.636. The summed E-state index contributed by atoms with van der Waals surface area (Å²) in [5.41, 5.74) is 0. The molecular formula is C11H16F3NO2. The molecule has 17 heavy (non-hydrogen) atoms. The van der Waals surface area contributed by atoms with Gasteiger partial charge in [0.15, 0.2) is 0 Å². The average molecular weight is 251 g/mol. The summed E-state index contributed by atoms with van der Waals surface area (Å²) < 4.78 is 45.4. The van der Waals surface area contributed by atoms with Gasteiger partial charge < -0.3 is 14.5 Å². The van der Waals surface area contributed by atoms with Crippen molar-refractivity contribution in [3.05, 3.63) is 24.2 Å². The van der Waals surface area contributed by atoms with Crippen molar-refractivity contribution < 1.29 is 22.3 Å². The molecule has 1 rings (SSSR count). The van der Waals surface area contributed by atoms with E-state index in [0.29, 0.717) is 19.7 Å². The Labute approximate surface area is 97.9 Å². The summed E-state index contributed by atoms with van der Waals surface area (Å²) in [5, 5.41) is 3.05. The van der Waals surface area contributed by atoms with Gasteiger partial charge in [0.25, 0.3) is 0 Å². The molecule has 1 N–H and O–H groups in total. The van der Waals surface area contributed by atoms with Crippen molar-refractivity contribution in [3.8, 4) is 0 Å². The molecule has 0 radical (unpaired) electrons. The van der Waals surface area contributed by atoms with Gasteiger partial charge in [-0.1, -0.05) is 0 Å². The lowest BCUT2D eigenvalue weighted by atomic mass is 10.3. The van der Waals surface area contributed by atoms with Gasteiger partial charge in [0, 0.05) is 19.6 Å². The maximum Gasteiger partial charge on any atom is 0.389 e. The van der Waals surface area contributed by atoms with Crippen LogP contribution in [0.3, 0.4) is 0 Å². The van der Waals surface area contributed by atoms with Crippen molar-refractivity contribution in [2.75, 3.05) is 19.8 Å². The predicted molar refractivity (Wildman–Crippen MR) is 56.5 cm³/mol. The van der Waals surface area contributed by atoms with Gasteiger partial charge >= 0.3 is 6.18 Å². The Morgan fingerprint density at radius 2 is 2.12 bits per heavy atom. The largest absolute Gasteiger partial charge is 0.468 e. The van der Waals surface area contributed by atoms with Gasteiger partial charge in [-0.25, -0.2) is 0 Å². The van der Waals surface area contributed by atoms with Crippen LogP contribution in [0.4, 0.5) is 13.2 Å². The maximum atomic E-state index is 11.8. The molecule has 0 saturated carbocycles. The van der Waals surface area contributed by atoms with Crippen molar-refractivity contribution in [2.24, 2.45) is 0 Å². The molecule has 0 unspecified atom stereocenters. The highest BCUT2D eigenvalue weighted by Gasteiger charge is 2.25. The number of nitrogens with one attached hydrogen (secondary N) is 1. The molecule has 0 aliphatic rings. The van der Waals surface area contributed by atoms with Crippen LogP contribution in [0.1, 0.15) is 18.6 Å². The smallest absolute Gasteiger partial charge is 0.389 e. The van der Waals surface area contributed by atoms with Crippen LogP contribution < -0.4 is 5.32 Å². The second-order valence-electron chi connectivity index (χ2n) is 3.59. The lowest BCUT2D eigenvalue weighted by Crippen LogP contribution is -2.19. The molecule has 1 aromatic heterocycles. The molecule has 0 aliphatic carbocycles. The van der Waals surface area contributed by atoms with Crippen molar-refractivity contribution >= 4 is 0 Å². The minimum atomic E-state index is -4.08. The third-order valence-corrected chi connectivity index (χ3v) is 2.05. The van der Waals surface area contributed by atoms with Crippen LogP contribution in [0.25, 0.3) is 0 Å². The number of halogens is 3. The number of furan rings is 1. The van der Waals surface area contributed by atoms with E-state index in [1.165, 1.54) is 0 Å². The highest BCUT2D eigenvalue weighted by Crippen LogP contribution is 2.20. The minimum absolute atomic E-state index is 0.0156. The summed E-state index contributed by atoms with van der Waals surface area (Å²) in [6, 6.07) is 3.64. The van der Waals surface area contributed by atoms with E-state index >= 15 is 0 Å². The van der Waals surface area contributed by atoms with E-state index in [0.717, 1.165) is 5.76 Å². The summed E-state index contributed by atoms with van der Waals surface area (Å²) in [6.45, 7) is 1.73. The fourth-order valence-electron chi connectivity index (χ4n) is 1.25. The molecule has 0 saturated heterocycles. The lowest BCUT2D eigenvalue weighted by Gasteiger charge is -2.07. The summed E-state index contributed by atoms with van der Waals surface area (Å²) >= 11 is 0. The summed E-state index contributed by atoms with van der Waals surface area (Å²) in [5.74, 6) is 0.821. The first-order chi connectivity index (χ1) is 8.08. The zero-order chi connectivity index (χ0) is 12.6. The van der Waals surface area contributed by atoms with E-state index in [4.69, 9.17) is 9.15 Å². The monoisotopic (exact) mass is 251 g/mol. The van der Waals surface area contributed by atoms with E-state index in [1.807, 2.05) is 6.07 Å². The molecule has 0 amide bonds. The molecular weight excluding hydrogens is 235 g/mol. The minimum Gasteiger partial charge on any atom is -0.468 e. The number of hydrogen-bond acceptors (Lipinski definition) is 3. The zero-order valence-electron chi connectivity index (χ0n) is 9.43. The van der Waals surface area contributed by atoms with Crippen LogP contribution in [-0.4, -0.2) is 25.9 Å². The van der Waals surface area contributed by atoms with Gasteiger partial charge in [-0.05, 0) is 18.6 Å². The first-order valence-electron chi connectivity index (χ1n) is 5.45. The van der Waals surface area contributed by atoms with Gasteiger partial charge in [0.05, 0.1) is 19.4 Å². The molecule has 0 spiro atoms. The molecule has 1 aromatic rings. The lowest BCUT2D eigenvalue weighted by molar-refractivity contribution is -0.137.